The number of rotatable bonds is 7. The van der Waals surface area contributed by atoms with Gasteiger partial charge >= 0.3 is 0 Å². The Morgan fingerprint density at radius 1 is 1.03 bits per heavy atom. The number of nitrogens with one attached hydrogen (secondary N) is 1. The molecule has 3 aromatic rings. The van der Waals surface area contributed by atoms with Crippen molar-refractivity contribution in [2.75, 3.05) is 13.2 Å². The van der Waals surface area contributed by atoms with Gasteiger partial charge in [0.15, 0.2) is 0 Å². The summed E-state index contributed by atoms with van der Waals surface area (Å²) in [6.45, 7) is 4.90. The molecular weight excluding hydrogens is 410 g/mol. The number of hydrogen-bond acceptors (Lipinski definition) is 3. The average molecular weight is 438 g/mol. The van der Waals surface area contributed by atoms with Crippen molar-refractivity contribution in [1.82, 2.24) is 5.32 Å². The summed E-state index contributed by atoms with van der Waals surface area (Å²) in [5, 5.41) is 14.8. The monoisotopic (exact) mass is 437 g/mol. The standard InChI is InChI=1S/C22H23NO3.C7H4/c1-16-7-6-9-18(15-16)26-14-5-4-13-23-22(25)20-12-11-17-8-2-3-10-19(17)21(20)24;1-3-5-7-6-4-2/h2-3,6-12,15,24H,4-5,13-14H2,1H3,(H,23,25);1H,2H3. The largest absolute Gasteiger partial charge is 0.506 e. The van der Waals surface area contributed by atoms with E-state index in [1.54, 1.807) is 13.0 Å². The number of phenolic OH excluding ortho intramolecular Hbond substituents is 1. The molecule has 0 spiro atoms. The summed E-state index contributed by atoms with van der Waals surface area (Å²) in [5.74, 6) is 12.7. The van der Waals surface area contributed by atoms with Gasteiger partial charge in [-0.25, -0.2) is 0 Å². The lowest BCUT2D eigenvalue weighted by Gasteiger charge is -2.10. The van der Waals surface area contributed by atoms with E-state index < -0.39 is 0 Å². The number of benzene rings is 3. The Hall–Kier alpha value is -4.33. The van der Waals surface area contributed by atoms with Crippen LogP contribution in [0.4, 0.5) is 0 Å². The van der Waals surface area contributed by atoms with Gasteiger partial charge in [0.2, 0.25) is 0 Å². The van der Waals surface area contributed by atoms with Crippen LogP contribution < -0.4 is 10.1 Å². The number of phenols is 1. The van der Waals surface area contributed by atoms with Gasteiger partial charge in [-0.2, -0.15) is 0 Å². The number of terminal acetylenes is 1. The molecule has 166 valence electrons. The number of hydrogen-bond donors (Lipinski definition) is 2. The molecule has 0 aliphatic carbocycles. The minimum Gasteiger partial charge on any atom is -0.506 e. The maximum absolute atomic E-state index is 12.3. The van der Waals surface area contributed by atoms with Crippen LogP contribution in [0.1, 0.15) is 35.7 Å². The quantitative estimate of drug-likeness (QED) is 0.400. The maximum atomic E-state index is 12.3. The molecule has 3 aromatic carbocycles. The first-order chi connectivity index (χ1) is 16.1. The Balaban J connectivity index is 0.000000479. The predicted molar refractivity (Wildman–Crippen MR) is 134 cm³/mol. The molecule has 0 aliphatic rings. The van der Waals surface area contributed by atoms with Crippen molar-refractivity contribution in [3.63, 3.8) is 0 Å². The first-order valence-electron chi connectivity index (χ1n) is 10.6. The fourth-order valence-electron chi connectivity index (χ4n) is 2.99. The van der Waals surface area contributed by atoms with Crippen molar-refractivity contribution in [1.29, 1.82) is 0 Å². The molecule has 0 unspecified atom stereocenters. The van der Waals surface area contributed by atoms with Crippen LogP contribution in [0.3, 0.4) is 0 Å². The van der Waals surface area contributed by atoms with Crippen LogP contribution in [0.2, 0.25) is 0 Å². The number of unbranched alkanes of at least 4 members (excludes halogenated alkanes) is 1. The Morgan fingerprint density at radius 3 is 2.61 bits per heavy atom. The van der Waals surface area contributed by atoms with Crippen molar-refractivity contribution in [3.05, 3.63) is 71.8 Å². The molecule has 0 aromatic heterocycles. The second kappa shape index (κ2) is 13.9. The van der Waals surface area contributed by atoms with Gasteiger partial charge in [-0.15, -0.1) is 6.42 Å². The Bertz CT molecular complexity index is 1250. The average Bonchev–Trinajstić information content (AvgIpc) is 2.82. The molecule has 0 saturated carbocycles. The zero-order valence-electron chi connectivity index (χ0n) is 18.9. The van der Waals surface area contributed by atoms with Gasteiger partial charge in [0.1, 0.15) is 11.5 Å². The molecule has 1 amide bonds. The van der Waals surface area contributed by atoms with Crippen LogP contribution in [-0.4, -0.2) is 24.2 Å². The SMILES string of the molecule is C#CC#CC#CC.Cc1cccc(OCCCCNC(=O)c2ccc3ccccc3c2O)c1. The zero-order chi connectivity index (χ0) is 23.9. The fourth-order valence-corrected chi connectivity index (χ4v) is 2.99. The van der Waals surface area contributed by atoms with Crippen LogP contribution >= 0.6 is 0 Å². The van der Waals surface area contributed by atoms with Crippen molar-refractivity contribution < 1.29 is 14.6 Å². The third-order valence-corrected chi connectivity index (χ3v) is 4.58. The molecule has 0 aliphatic heterocycles. The van der Waals surface area contributed by atoms with Gasteiger partial charge in [0.25, 0.3) is 5.91 Å². The molecule has 0 saturated heterocycles. The van der Waals surface area contributed by atoms with Gasteiger partial charge in [-0.3, -0.25) is 4.79 Å². The van der Waals surface area contributed by atoms with E-state index in [0.29, 0.717) is 24.1 Å². The van der Waals surface area contributed by atoms with Crippen LogP contribution in [0.5, 0.6) is 11.5 Å². The number of carbonyl (C=O) groups is 1. The molecule has 33 heavy (non-hydrogen) atoms. The maximum Gasteiger partial charge on any atom is 0.255 e. The van der Waals surface area contributed by atoms with E-state index in [2.05, 4.69) is 34.9 Å². The van der Waals surface area contributed by atoms with Gasteiger partial charge in [0.05, 0.1) is 12.2 Å². The van der Waals surface area contributed by atoms with Gasteiger partial charge in [0, 0.05) is 11.9 Å². The second-order valence-corrected chi connectivity index (χ2v) is 7.08. The molecule has 0 radical (unpaired) electrons. The van der Waals surface area contributed by atoms with Crippen LogP contribution in [0.15, 0.2) is 60.7 Å². The third-order valence-electron chi connectivity index (χ3n) is 4.58. The van der Waals surface area contributed by atoms with E-state index in [1.165, 1.54) is 5.56 Å². The minimum absolute atomic E-state index is 0.0309. The summed E-state index contributed by atoms with van der Waals surface area (Å²) < 4.78 is 5.69. The van der Waals surface area contributed by atoms with E-state index in [0.717, 1.165) is 24.0 Å². The topological polar surface area (TPSA) is 58.6 Å². The molecule has 0 fully saturated rings. The van der Waals surface area contributed by atoms with Crippen LogP contribution in [0, 0.1) is 42.9 Å². The van der Waals surface area contributed by atoms with Crippen molar-refractivity contribution in [2.45, 2.75) is 26.7 Å². The fraction of sp³-hybridized carbons (Fsp3) is 0.207. The Morgan fingerprint density at radius 2 is 1.85 bits per heavy atom. The minimum atomic E-state index is -0.257. The molecule has 0 atom stereocenters. The smallest absolute Gasteiger partial charge is 0.255 e. The summed E-state index contributed by atoms with van der Waals surface area (Å²) in [6, 6.07) is 18.9. The predicted octanol–water partition coefficient (Wildman–Crippen LogP) is 5.09. The van der Waals surface area contributed by atoms with Crippen molar-refractivity contribution in [2.24, 2.45) is 0 Å². The molecular formula is C29H27NO3. The van der Waals surface area contributed by atoms with Gasteiger partial charge in [-0.05, 0) is 79.5 Å². The summed E-state index contributed by atoms with van der Waals surface area (Å²) in [7, 11) is 0. The van der Waals surface area contributed by atoms with Crippen molar-refractivity contribution in [3.8, 4) is 47.5 Å². The summed E-state index contributed by atoms with van der Waals surface area (Å²) in [5.41, 5.74) is 1.48. The molecule has 4 nitrogen and oxygen atoms in total. The second-order valence-electron chi connectivity index (χ2n) is 7.08. The summed E-state index contributed by atoms with van der Waals surface area (Å²) in [6.07, 6.45) is 6.43. The number of ether oxygens (including phenoxy) is 1. The number of amides is 1. The first-order valence-corrected chi connectivity index (χ1v) is 10.6. The van der Waals surface area contributed by atoms with Gasteiger partial charge in [-0.1, -0.05) is 48.4 Å². The van der Waals surface area contributed by atoms with Crippen LogP contribution in [-0.2, 0) is 0 Å². The highest BCUT2D eigenvalue weighted by Crippen LogP contribution is 2.28. The highest BCUT2D eigenvalue weighted by atomic mass is 16.5. The highest BCUT2D eigenvalue weighted by molar-refractivity contribution is 6.03. The van der Waals surface area contributed by atoms with E-state index in [-0.39, 0.29) is 11.7 Å². The van der Waals surface area contributed by atoms with E-state index in [9.17, 15) is 9.90 Å². The number of aryl methyl sites for hydroxylation is 1. The lowest BCUT2D eigenvalue weighted by Crippen LogP contribution is -2.24. The first kappa shape index (κ1) is 24.9. The van der Waals surface area contributed by atoms with E-state index >= 15 is 0 Å². The Kier molecular flexibility index (Phi) is 10.5. The third kappa shape index (κ3) is 8.37. The van der Waals surface area contributed by atoms with Crippen LogP contribution in [0.25, 0.3) is 10.8 Å². The van der Waals surface area contributed by atoms with Crippen molar-refractivity contribution >= 4 is 16.7 Å². The zero-order valence-corrected chi connectivity index (χ0v) is 18.9. The lowest BCUT2D eigenvalue weighted by molar-refractivity contribution is 0.0950. The molecule has 4 heteroatoms. The molecule has 2 N–H and O–H groups in total. The number of aromatic hydroxyl groups is 1. The lowest BCUT2D eigenvalue weighted by atomic mass is 10.0. The number of fused-ring (bicyclic) bond motifs is 1. The summed E-state index contributed by atoms with van der Waals surface area (Å²) >= 11 is 0. The normalized spacial score (nSPS) is 9.12. The summed E-state index contributed by atoms with van der Waals surface area (Å²) in [4.78, 5) is 12.3. The van der Waals surface area contributed by atoms with Gasteiger partial charge < -0.3 is 15.2 Å². The molecule has 3 rings (SSSR count). The molecule has 0 heterocycles. The highest BCUT2D eigenvalue weighted by Gasteiger charge is 2.13. The number of carbonyl (C=O) groups excluding carboxylic acids is 1. The molecule has 0 bridgehead atoms. The Labute approximate surface area is 196 Å². The van der Waals surface area contributed by atoms with E-state index in [4.69, 9.17) is 11.2 Å². The van der Waals surface area contributed by atoms with E-state index in [1.807, 2.05) is 61.5 Å².